The van der Waals surface area contributed by atoms with Gasteiger partial charge in [0.25, 0.3) is 0 Å². The van der Waals surface area contributed by atoms with Crippen molar-refractivity contribution < 1.29 is 9.59 Å². The second-order valence-electron chi connectivity index (χ2n) is 7.33. The summed E-state index contributed by atoms with van der Waals surface area (Å²) in [6.45, 7) is 5.90. The van der Waals surface area contributed by atoms with Crippen LogP contribution >= 0.6 is 0 Å². The summed E-state index contributed by atoms with van der Waals surface area (Å²) in [5, 5.41) is 2.96. The van der Waals surface area contributed by atoms with Crippen molar-refractivity contribution in [3.05, 3.63) is 18.2 Å². The Kier molecular flexibility index (Phi) is 5.42. The lowest BCUT2D eigenvalue weighted by Crippen LogP contribution is -2.62. The molecule has 3 heterocycles. The van der Waals surface area contributed by atoms with Crippen molar-refractivity contribution in [1.82, 2.24) is 24.7 Å². The third kappa shape index (κ3) is 4.03. The van der Waals surface area contributed by atoms with Crippen molar-refractivity contribution >= 4 is 11.8 Å². The van der Waals surface area contributed by atoms with Gasteiger partial charge in [0.2, 0.25) is 11.8 Å². The molecule has 1 unspecified atom stereocenters. The van der Waals surface area contributed by atoms with E-state index in [2.05, 4.69) is 26.8 Å². The number of nitrogens with zero attached hydrogens (tertiary/aromatic N) is 4. The van der Waals surface area contributed by atoms with Crippen LogP contribution < -0.4 is 5.32 Å². The molecule has 0 aliphatic carbocycles. The first kappa shape index (κ1) is 17.9. The van der Waals surface area contributed by atoms with E-state index in [0.717, 1.165) is 51.3 Å². The van der Waals surface area contributed by atoms with Crippen LogP contribution in [-0.2, 0) is 16.1 Å². The van der Waals surface area contributed by atoms with Crippen LogP contribution in [0.4, 0.5) is 0 Å². The van der Waals surface area contributed by atoms with E-state index in [0.29, 0.717) is 19.4 Å². The maximum atomic E-state index is 12.7. The molecule has 0 bridgehead atoms. The summed E-state index contributed by atoms with van der Waals surface area (Å²) in [4.78, 5) is 33.0. The molecule has 1 aromatic heterocycles. The van der Waals surface area contributed by atoms with Crippen molar-refractivity contribution in [3.63, 3.8) is 0 Å². The molecule has 0 radical (unpaired) electrons. The van der Waals surface area contributed by atoms with Gasteiger partial charge in [-0.1, -0.05) is 0 Å². The summed E-state index contributed by atoms with van der Waals surface area (Å²) in [6.07, 6.45) is 7.43. The molecule has 138 valence electrons. The lowest BCUT2D eigenvalue weighted by molar-refractivity contribution is -0.137. The zero-order valence-electron chi connectivity index (χ0n) is 15.3. The molecule has 0 saturated carbocycles. The van der Waals surface area contributed by atoms with Crippen LogP contribution in [0.25, 0.3) is 0 Å². The van der Waals surface area contributed by atoms with E-state index in [1.165, 1.54) is 0 Å². The van der Waals surface area contributed by atoms with E-state index in [1.807, 2.05) is 18.0 Å². The summed E-state index contributed by atoms with van der Waals surface area (Å²) in [5.41, 5.74) is -0.0615. The van der Waals surface area contributed by atoms with Crippen LogP contribution in [-0.4, -0.2) is 69.9 Å². The Labute approximate surface area is 149 Å². The number of aromatic nitrogens is 2. The van der Waals surface area contributed by atoms with E-state index in [1.54, 1.807) is 6.20 Å². The van der Waals surface area contributed by atoms with Crippen LogP contribution in [0.3, 0.4) is 0 Å². The quantitative estimate of drug-likeness (QED) is 0.874. The van der Waals surface area contributed by atoms with E-state index >= 15 is 0 Å². The van der Waals surface area contributed by atoms with Crippen LogP contribution in [0.1, 0.15) is 37.9 Å². The number of nitrogens with one attached hydrogen (secondary N) is 1. The number of carbonyl (C=O) groups excluding carboxylic acids is 2. The van der Waals surface area contributed by atoms with Gasteiger partial charge >= 0.3 is 0 Å². The monoisotopic (exact) mass is 347 g/mol. The van der Waals surface area contributed by atoms with Crippen LogP contribution in [0.5, 0.6) is 0 Å². The molecule has 25 heavy (non-hydrogen) atoms. The van der Waals surface area contributed by atoms with Gasteiger partial charge in [-0.2, -0.15) is 0 Å². The van der Waals surface area contributed by atoms with Gasteiger partial charge in [0.15, 0.2) is 0 Å². The Morgan fingerprint density at radius 1 is 1.36 bits per heavy atom. The van der Waals surface area contributed by atoms with Gasteiger partial charge in [-0.05, 0) is 33.2 Å². The highest BCUT2D eigenvalue weighted by Crippen LogP contribution is 2.30. The highest BCUT2D eigenvalue weighted by molar-refractivity contribution is 5.77. The zero-order chi connectivity index (χ0) is 17.9. The van der Waals surface area contributed by atoms with Crippen LogP contribution in [0, 0.1) is 6.92 Å². The third-order valence-corrected chi connectivity index (χ3v) is 5.80. The van der Waals surface area contributed by atoms with E-state index in [4.69, 9.17) is 0 Å². The molecule has 0 aromatic carbocycles. The fourth-order valence-electron chi connectivity index (χ4n) is 4.01. The lowest BCUT2D eigenvalue weighted by atomic mass is 9.86. The summed E-state index contributed by atoms with van der Waals surface area (Å²) in [5.74, 6) is 1.35. The minimum Gasteiger partial charge on any atom is -0.356 e. The maximum absolute atomic E-state index is 12.7. The topological polar surface area (TPSA) is 70.5 Å². The van der Waals surface area contributed by atoms with Crippen molar-refractivity contribution in [2.24, 2.45) is 0 Å². The standard InChI is InChI=1S/C18H29N5O2/c1-15-19-9-11-22(15)10-3-4-17(25)23-13-12-21(2)18(14-23)6-5-16(24)20-8-7-18/h9,11H,3-8,10,12-14H2,1-2H3,(H,20,24). The smallest absolute Gasteiger partial charge is 0.222 e. The third-order valence-electron chi connectivity index (χ3n) is 5.80. The molecule has 1 N–H and O–H groups in total. The fourth-order valence-corrected chi connectivity index (χ4v) is 4.01. The van der Waals surface area contributed by atoms with Crippen molar-refractivity contribution in [3.8, 4) is 0 Å². The summed E-state index contributed by atoms with van der Waals surface area (Å²) in [6, 6.07) is 0. The average molecular weight is 347 g/mol. The largest absolute Gasteiger partial charge is 0.356 e. The number of aryl methyl sites for hydroxylation is 2. The van der Waals surface area contributed by atoms with Crippen molar-refractivity contribution in [2.45, 2.75) is 51.1 Å². The number of imidazole rings is 1. The molecule has 3 rings (SSSR count). The molecule has 1 atom stereocenters. The van der Waals surface area contributed by atoms with Gasteiger partial charge in [0.05, 0.1) is 0 Å². The number of likely N-dealkylation sites (N-methyl/N-ethyl adjacent to an activating group) is 1. The predicted octanol–water partition coefficient (Wildman–Crippen LogP) is 0.785. The molecule has 7 nitrogen and oxygen atoms in total. The molecular weight excluding hydrogens is 318 g/mol. The van der Waals surface area contributed by atoms with Crippen molar-refractivity contribution in [2.75, 3.05) is 33.2 Å². The predicted molar refractivity (Wildman–Crippen MR) is 95.0 cm³/mol. The summed E-state index contributed by atoms with van der Waals surface area (Å²) >= 11 is 0. The highest BCUT2D eigenvalue weighted by atomic mass is 16.2. The van der Waals surface area contributed by atoms with Gasteiger partial charge in [0.1, 0.15) is 5.82 Å². The first-order valence-corrected chi connectivity index (χ1v) is 9.24. The Morgan fingerprint density at radius 3 is 2.96 bits per heavy atom. The number of piperazine rings is 1. The number of amides is 2. The summed E-state index contributed by atoms with van der Waals surface area (Å²) < 4.78 is 2.08. The van der Waals surface area contributed by atoms with Crippen LogP contribution in [0.2, 0.25) is 0 Å². The van der Waals surface area contributed by atoms with Gasteiger partial charge in [-0.25, -0.2) is 4.98 Å². The number of hydrogen-bond acceptors (Lipinski definition) is 4. The minimum absolute atomic E-state index is 0.0615. The fraction of sp³-hybridized carbons (Fsp3) is 0.722. The minimum atomic E-state index is -0.0615. The molecular formula is C18H29N5O2. The molecule has 2 saturated heterocycles. The Morgan fingerprint density at radius 2 is 2.20 bits per heavy atom. The molecule has 2 aliphatic rings. The second-order valence-corrected chi connectivity index (χ2v) is 7.33. The maximum Gasteiger partial charge on any atom is 0.222 e. The molecule has 1 spiro atoms. The number of rotatable bonds is 4. The van der Waals surface area contributed by atoms with E-state index in [-0.39, 0.29) is 17.4 Å². The van der Waals surface area contributed by atoms with Gasteiger partial charge < -0.3 is 14.8 Å². The van der Waals surface area contributed by atoms with Gasteiger partial charge in [-0.3, -0.25) is 14.5 Å². The Bertz CT molecular complexity index is 629. The summed E-state index contributed by atoms with van der Waals surface area (Å²) in [7, 11) is 2.12. The SMILES string of the molecule is Cc1nccn1CCCC(=O)N1CCN(C)C2(CCNC(=O)CC2)C1. The number of carbonyl (C=O) groups is 2. The molecule has 2 amide bonds. The molecule has 7 heteroatoms. The van der Waals surface area contributed by atoms with E-state index < -0.39 is 0 Å². The normalized spacial score (nSPS) is 25.0. The van der Waals surface area contributed by atoms with Crippen molar-refractivity contribution in [1.29, 1.82) is 0 Å². The lowest BCUT2D eigenvalue weighted by Gasteiger charge is -2.49. The highest BCUT2D eigenvalue weighted by Gasteiger charge is 2.41. The molecule has 1 aromatic rings. The van der Waals surface area contributed by atoms with Gasteiger partial charge in [0, 0.05) is 63.5 Å². The Hall–Kier alpha value is -1.89. The first-order chi connectivity index (χ1) is 12.0. The van der Waals surface area contributed by atoms with Crippen LogP contribution in [0.15, 0.2) is 12.4 Å². The molecule has 2 aliphatic heterocycles. The zero-order valence-corrected chi connectivity index (χ0v) is 15.3. The molecule has 2 fully saturated rings. The number of hydrogen-bond donors (Lipinski definition) is 1. The first-order valence-electron chi connectivity index (χ1n) is 9.24. The Balaban J connectivity index is 1.55. The van der Waals surface area contributed by atoms with E-state index in [9.17, 15) is 9.59 Å². The van der Waals surface area contributed by atoms with Gasteiger partial charge in [-0.15, -0.1) is 0 Å². The second kappa shape index (κ2) is 7.56. The average Bonchev–Trinajstić information content (AvgIpc) is 2.90.